The molecule has 0 radical (unpaired) electrons. The van der Waals surface area contributed by atoms with Crippen molar-refractivity contribution in [3.63, 3.8) is 0 Å². The van der Waals surface area contributed by atoms with Crippen molar-refractivity contribution in [3.8, 4) is 5.75 Å². The number of carbonyl (C=O) groups is 2. The van der Waals surface area contributed by atoms with Gasteiger partial charge in [0, 0.05) is 4.90 Å². The van der Waals surface area contributed by atoms with Crippen LogP contribution < -0.4 is 4.74 Å². The second-order valence-electron chi connectivity index (χ2n) is 4.51. The number of aryl methyl sites for hydroxylation is 1. The molecule has 20 heavy (non-hydrogen) atoms. The number of benzene rings is 1. The quantitative estimate of drug-likeness (QED) is 0.522. The zero-order chi connectivity index (χ0) is 14.7. The Labute approximate surface area is 122 Å². The summed E-state index contributed by atoms with van der Waals surface area (Å²) in [6, 6.07) is 5.50. The lowest BCUT2D eigenvalue weighted by Gasteiger charge is -2.29. The van der Waals surface area contributed by atoms with Crippen LogP contribution in [0.1, 0.15) is 12.0 Å². The summed E-state index contributed by atoms with van der Waals surface area (Å²) in [6.45, 7) is 0. The predicted octanol–water partition coefficient (Wildman–Crippen LogP) is 1.63. The number of fused-ring (bicyclic) bond motifs is 1. The Kier molecular flexibility index (Phi) is 4.54. The molecule has 1 heterocycles. The van der Waals surface area contributed by atoms with Crippen molar-refractivity contribution >= 4 is 24.6 Å². The summed E-state index contributed by atoms with van der Waals surface area (Å²) >= 11 is 4.27. The van der Waals surface area contributed by atoms with E-state index in [0.717, 1.165) is 10.5 Å². The van der Waals surface area contributed by atoms with Crippen LogP contribution in [-0.2, 0) is 25.5 Å². The standard InChI is InChI=1S/C14H16O5S/c1-17-13(15)12(14(16)18-2)11-5-3-8-7-9(20)4-6-10(8)19-11/h4,6-7,11-12,20H,3,5H2,1-2H3. The van der Waals surface area contributed by atoms with Crippen molar-refractivity contribution in [3.05, 3.63) is 23.8 Å². The van der Waals surface area contributed by atoms with Gasteiger partial charge in [0.15, 0.2) is 5.92 Å². The van der Waals surface area contributed by atoms with E-state index in [-0.39, 0.29) is 0 Å². The minimum absolute atomic E-state index is 0.541. The van der Waals surface area contributed by atoms with Gasteiger partial charge < -0.3 is 14.2 Å². The molecular weight excluding hydrogens is 280 g/mol. The van der Waals surface area contributed by atoms with E-state index in [1.54, 1.807) is 12.1 Å². The van der Waals surface area contributed by atoms with Crippen molar-refractivity contribution in [1.82, 2.24) is 0 Å². The zero-order valence-electron chi connectivity index (χ0n) is 11.3. The van der Waals surface area contributed by atoms with Gasteiger partial charge in [0.1, 0.15) is 11.9 Å². The van der Waals surface area contributed by atoms with Gasteiger partial charge in [-0.2, -0.15) is 0 Å². The first-order chi connectivity index (χ1) is 9.56. The molecule has 0 saturated heterocycles. The number of esters is 2. The van der Waals surface area contributed by atoms with Crippen LogP contribution in [0.15, 0.2) is 23.1 Å². The molecule has 0 aliphatic carbocycles. The van der Waals surface area contributed by atoms with Crippen molar-refractivity contribution in [1.29, 1.82) is 0 Å². The number of thiol groups is 1. The Balaban J connectivity index is 2.23. The molecule has 0 saturated carbocycles. The summed E-state index contributed by atoms with van der Waals surface area (Å²) < 4.78 is 15.1. The normalized spacial score (nSPS) is 17.1. The van der Waals surface area contributed by atoms with Gasteiger partial charge in [-0.1, -0.05) is 0 Å². The maximum Gasteiger partial charge on any atom is 0.323 e. The van der Waals surface area contributed by atoms with Crippen molar-refractivity contribution in [2.45, 2.75) is 23.8 Å². The minimum atomic E-state index is -1.06. The summed E-state index contributed by atoms with van der Waals surface area (Å²) in [5.74, 6) is -1.68. The smallest absolute Gasteiger partial charge is 0.323 e. The zero-order valence-corrected chi connectivity index (χ0v) is 12.2. The number of ether oxygens (including phenoxy) is 3. The highest BCUT2D eigenvalue weighted by atomic mass is 32.1. The summed E-state index contributed by atoms with van der Waals surface area (Å²) in [4.78, 5) is 24.4. The third-order valence-electron chi connectivity index (χ3n) is 3.30. The largest absolute Gasteiger partial charge is 0.489 e. The highest BCUT2D eigenvalue weighted by Crippen LogP contribution is 2.32. The van der Waals surface area contributed by atoms with Crippen LogP contribution >= 0.6 is 12.6 Å². The SMILES string of the molecule is COC(=O)C(C(=O)OC)C1CCc2cc(S)ccc2O1. The molecule has 2 rings (SSSR count). The van der Waals surface area contributed by atoms with Gasteiger partial charge in [-0.25, -0.2) is 0 Å². The Morgan fingerprint density at radius 1 is 1.30 bits per heavy atom. The molecule has 0 amide bonds. The van der Waals surface area contributed by atoms with E-state index in [9.17, 15) is 9.59 Å². The molecule has 1 aromatic rings. The average molecular weight is 296 g/mol. The van der Waals surface area contributed by atoms with Gasteiger partial charge in [-0.15, -0.1) is 12.6 Å². The van der Waals surface area contributed by atoms with Gasteiger partial charge in [-0.05, 0) is 36.6 Å². The second-order valence-corrected chi connectivity index (χ2v) is 5.03. The summed E-state index contributed by atoms with van der Waals surface area (Å²) in [5.41, 5.74) is 1.02. The number of carbonyl (C=O) groups excluding carboxylic acids is 2. The number of hydrogen-bond acceptors (Lipinski definition) is 6. The van der Waals surface area contributed by atoms with Crippen molar-refractivity contribution in [2.24, 2.45) is 5.92 Å². The maximum atomic E-state index is 11.8. The van der Waals surface area contributed by atoms with Gasteiger partial charge in [0.25, 0.3) is 0 Å². The monoisotopic (exact) mass is 296 g/mol. The molecule has 0 spiro atoms. The number of methoxy groups -OCH3 is 2. The fourth-order valence-electron chi connectivity index (χ4n) is 2.28. The fraction of sp³-hybridized carbons (Fsp3) is 0.429. The van der Waals surface area contributed by atoms with E-state index >= 15 is 0 Å². The van der Waals surface area contributed by atoms with Gasteiger partial charge >= 0.3 is 11.9 Å². The lowest BCUT2D eigenvalue weighted by molar-refractivity contribution is -0.163. The molecule has 0 N–H and O–H groups in total. The van der Waals surface area contributed by atoms with Gasteiger partial charge in [-0.3, -0.25) is 9.59 Å². The molecular formula is C14H16O5S. The topological polar surface area (TPSA) is 61.8 Å². The summed E-state index contributed by atoms with van der Waals surface area (Å²) in [5, 5.41) is 0. The first-order valence-corrected chi connectivity index (χ1v) is 6.65. The molecule has 1 unspecified atom stereocenters. The third-order valence-corrected chi connectivity index (χ3v) is 3.58. The van der Waals surface area contributed by atoms with Crippen LogP contribution in [0.4, 0.5) is 0 Å². The average Bonchev–Trinajstić information content (AvgIpc) is 2.47. The maximum absolute atomic E-state index is 11.8. The highest BCUT2D eigenvalue weighted by molar-refractivity contribution is 7.80. The molecule has 0 bridgehead atoms. The minimum Gasteiger partial charge on any atom is -0.489 e. The molecule has 6 heteroatoms. The first-order valence-electron chi connectivity index (χ1n) is 6.21. The lowest BCUT2D eigenvalue weighted by atomic mass is 9.93. The summed E-state index contributed by atoms with van der Waals surface area (Å²) in [7, 11) is 2.48. The fourth-order valence-corrected chi connectivity index (χ4v) is 2.51. The van der Waals surface area contributed by atoms with E-state index in [4.69, 9.17) is 4.74 Å². The van der Waals surface area contributed by atoms with E-state index in [2.05, 4.69) is 22.1 Å². The Morgan fingerprint density at radius 2 is 1.95 bits per heavy atom. The van der Waals surface area contributed by atoms with Crippen LogP contribution in [0.2, 0.25) is 0 Å². The molecule has 108 valence electrons. The lowest BCUT2D eigenvalue weighted by Crippen LogP contribution is -2.42. The van der Waals surface area contributed by atoms with E-state index in [0.29, 0.717) is 18.6 Å². The van der Waals surface area contributed by atoms with Crippen LogP contribution in [0, 0.1) is 5.92 Å². The van der Waals surface area contributed by atoms with E-state index in [1.807, 2.05) is 6.07 Å². The number of rotatable bonds is 3. The van der Waals surface area contributed by atoms with Gasteiger partial charge in [0.2, 0.25) is 0 Å². The van der Waals surface area contributed by atoms with Crippen LogP contribution in [0.5, 0.6) is 5.75 Å². The van der Waals surface area contributed by atoms with Crippen LogP contribution in [0.3, 0.4) is 0 Å². The van der Waals surface area contributed by atoms with E-state index < -0.39 is 24.0 Å². The van der Waals surface area contributed by atoms with Crippen molar-refractivity contribution in [2.75, 3.05) is 14.2 Å². The van der Waals surface area contributed by atoms with Crippen LogP contribution in [-0.4, -0.2) is 32.3 Å². The predicted molar refractivity (Wildman–Crippen MR) is 74.0 cm³/mol. The third kappa shape index (κ3) is 2.90. The summed E-state index contributed by atoms with van der Waals surface area (Å²) in [6.07, 6.45) is 0.672. The molecule has 1 aliphatic heterocycles. The molecule has 0 fully saturated rings. The highest BCUT2D eigenvalue weighted by Gasteiger charge is 2.40. The second kappa shape index (κ2) is 6.17. The molecule has 0 aromatic heterocycles. The Hall–Kier alpha value is -1.69. The van der Waals surface area contributed by atoms with Crippen molar-refractivity contribution < 1.29 is 23.8 Å². The van der Waals surface area contributed by atoms with Crippen LogP contribution in [0.25, 0.3) is 0 Å². The Morgan fingerprint density at radius 3 is 2.55 bits per heavy atom. The molecule has 1 aliphatic rings. The first kappa shape index (κ1) is 14.7. The molecule has 5 nitrogen and oxygen atoms in total. The molecule has 1 aromatic carbocycles. The Bertz CT molecular complexity index is 512. The number of hydrogen-bond donors (Lipinski definition) is 1. The van der Waals surface area contributed by atoms with Gasteiger partial charge in [0.05, 0.1) is 14.2 Å². The molecule has 1 atom stereocenters. The van der Waals surface area contributed by atoms with E-state index in [1.165, 1.54) is 14.2 Å².